The van der Waals surface area contributed by atoms with Crippen molar-refractivity contribution in [3.05, 3.63) is 71.5 Å². The third kappa shape index (κ3) is 3.49. The molecule has 2 aromatic heterocycles. The van der Waals surface area contributed by atoms with Gasteiger partial charge in [0.2, 0.25) is 0 Å². The summed E-state index contributed by atoms with van der Waals surface area (Å²) in [5, 5.41) is 4.06. The average molecular weight is 396 g/mol. The topological polar surface area (TPSA) is 64.1 Å². The fourth-order valence-corrected chi connectivity index (χ4v) is 3.82. The predicted octanol–water partition coefficient (Wildman–Crippen LogP) is 5.27. The van der Waals surface area contributed by atoms with E-state index >= 15 is 0 Å². The lowest BCUT2D eigenvalue weighted by molar-refractivity contribution is 0.102. The number of fused-ring (bicyclic) bond motifs is 1. The smallest absolute Gasteiger partial charge is 0.258 e. The Morgan fingerprint density at radius 3 is 2.81 bits per heavy atom. The molecule has 0 bridgehead atoms. The molecule has 5 nitrogen and oxygen atoms in total. The van der Waals surface area contributed by atoms with Gasteiger partial charge in [-0.2, -0.15) is 0 Å². The molecule has 0 aliphatic heterocycles. The first-order valence-corrected chi connectivity index (χ1v) is 9.30. The summed E-state index contributed by atoms with van der Waals surface area (Å²) in [5.74, 6) is 0.195. The number of nitrogens with one attached hydrogen (secondary N) is 1. The monoisotopic (exact) mass is 395 g/mol. The molecule has 0 atom stereocenters. The number of carbonyl (C=O) groups excluding carboxylic acids is 1. The van der Waals surface area contributed by atoms with Gasteiger partial charge in [-0.1, -0.05) is 23.7 Å². The first kappa shape index (κ1) is 17.5. The average Bonchev–Trinajstić information content (AvgIpc) is 3.12. The number of carbonyl (C=O) groups is 1. The Hall–Kier alpha value is -2.96. The van der Waals surface area contributed by atoms with Crippen molar-refractivity contribution in [2.45, 2.75) is 0 Å². The lowest BCUT2D eigenvalue weighted by Crippen LogP contribution is -2.13. The Balaban J connectivity index is 1.70. The number of halogens is 1. The van der Waals surface area contributed by atoms with Crippen LogP contribution in [0.3, 0.4) is 0 Å². The minimum atomic E-state index is -0.354. The largest absolute Gasteiger partial charge is 0.495 e. The minimum absolute atomic E-state index is 0.298. The van der Waals surface area contributed by atoms with E-state index in [-0.39, 0.29) is 5.91 Å². The van der Waals surface area contributed by atoms with E-state index in [4.69, 9.17) is 16.3 Å². The van der Waals surface area contributed by atoms with Gasteiger partial charge >= 0.3 is 0 Å². The number of ether oxygens (including phenoxy) is 1. The molecule has 0 saturated heterocycles. The molecule has 1 amide bonds. The summed E-state index contributed by atoms with van der Waals surface area (Å²) in [4.78, 5) is 21.2. The zero-order valence-corrected chi connectivity index (χ0v) is 15.8. The molecule has 2 aromatic carbocycles. The first-order chi connectivity index (χ1) is 13.2. The van der Waals surface area contributed by atoms with Crippen LogP contribution in [0.4, 0.5) is 5.69 Å². The minimum Gasteiger partial charge on any atom is -0.495 e. The lowest BCUT2D eigenvalue weighted by Gasteiger charge is -2.12. The zero-order valence-electron chi connectivity index (χ0n) is 14.3. The number of benzene rings is 2. The fourth-order valence-electron chi connectivity index (χ4n) is 2.67. The quantitative estimate of drug-likeness (QED) is 0.511. The molecule has 2 heterocycles. The van der Waals surface area contributed by atoms with Gasteiger partial charge in [-0.25, -0.2) is 4.98 Å². The highest BCUT2D eigenvalue weighted by Crippen LogP contribution is 2.35. The summed E-state index contributed by atoms with van der Waals surface area (Å²) in [7, 11) is 1.55. The summed E-state index contributed by atoms with van der Waals surface area (Å²) in [5.41, 5.74) is 2.68. The van der Waals surface area contributed by atoms with Gasteiger partial charge in [-0.05, 0) is 36.4 Å². The molecule has 4 rings (SSSR count). The van der Waals surface area contributed by atoms with Crippen molar-refractivity contribution in [2.24, 2.45) is 0 Å². The van der Waals surface area contributed by atoms with Gasteiger partial charge < -0.3 is 10.1 Å². The second-order valence-corrected chi connectivity index (χ2v) is 7.15. The molecular formula is C20H14ClN3O2S. The van der Waals surface area contributed by atoms with Crippen LogP contribution in [0, 0.1) is 0 Å². The number of hydrogen-bond donors (Lipinski definition) is 1. The van der Waals surface area contributed by atoms with Gasteiger partial charge in [-0.15, -0.1) is 11.3 Å². The van der Waals surface area contributed by atoms with Gasteiger partial charge in [0, 0.05) is 18.0 Å². The van der Waals surface area contributed by atoms with E-state index in [9.17, 15) is 4.79 Å². The molecule has 0 unspecified atom stereocenters. The molecule has 0 spiro atoms. The third-order valence-corrected chi connectivity index (χ3v) is 5.42. The number of methoxy groups -OCH3 is 1. The molecular weight excluding hydrogens is 382 g/mol. The number of rotatable bonds is 4. The summed E-state index contributed by atoms with van der Waals surface area (Å²) in [6.07, 6.45) is 2.97. The number of amides is 1. The first-order valence-electron chi connectivity index (χ1n) is 8.10. The van der Waals surface area contributed by atoms with Crippen molar-refractivity contribution < 1.29 is 9.53 Å². The summed E-state index contributed by atoms with van der Waals surface area (Å²) >= 11 is 7.69. The van der Waals surface area contributed by atoms with E-state index in [1.165, 1.54) is 12.4 Å². The standard InChI is InChI=1S/C20H14ClN3O2S/c1-26-17-7-6-12(20-24-15-4-2-3-5-18(15)27-20)10-16(17)23-19(25)13-11-22-9-8-14(13)21/h2-11H,1H3,(H,23,25). The van der Waals surface area contributed by atoms with Crippen molar-refractivity contribution in [3.8, 4) is 16.3 Å². The van der Waals surface area contributed by atoms with Crippen LogP contribution in [0.1, 0.15) is 10.4 Å². The van der Waals surface area contributed by atoms with Crippen LogP contribution in [-0.2, 0) is 0 Å². The Morgan fingerprint density at radius 2 is 2.04 bits per heavy atom. The molecule has 134 valence electrons. The van der Waals surface area contributed by atoms with E-state index in [2.05, 4.69) is 15.3 Å². The van der Waals surface area contributed by atoms with E-state index in [0.717, 1.165) is 20.8 Å². The number of pyridine rings is 1. The number of para-hydroxylation sites is 1. The predicted molar refractivity (Wildman–Crippen MR) is 109 cm³/mol. The Morgan fingerprint density at radius 1 is 1.19 bits per heavy atom. The van der Waals surface area contributed by atoms with Gasteiger partial charge in [0.15, 0.2) is 0 Å². The maximum absolute atomic E-state index is 12.6. The second-order valence-electron chi connectivity index (χ2n) is 5.71. The van der Waals surface area contributed by atoms with E-state index in [1.807, 2.05) is 42.5 Å². The van der Waals surface area contributed by atoms with Gasteiger partial charge in [0.1, 0.15) is 10.8 Å². The number of hydrogen-bond acceptors (Lipinski definition) is 5. The van der Waals surface area contributed by atoms with Crippen molar-refractivity contribution in [3.63, 3.8) is 0 Å². The number of anilines is 1. The molecule has 0 radical (unpaired) electrons. The van der Waals surface area contributed by atoms with Crippen molar-refractivity contribution in [2.75, 3.05) is 12.4 Å². The Bertz CT molecular complexity index is 1110. The number of thiazole rings is 1. The van der Waals surface area contributed by atoms with Crippen LogP contribution in [0.2, 0.25) is 5.02 Å². The normalized spacial score (nSPS) is 10.7. The molecule has 4 aromatic rings. The summed E-state index contributed by atoms with van der Waals surface area (Å²) < 4.78 is 6.49. The SMILES string of the molecule is COc1ccc(-c2nc3ccccc3s2)cc1NC(=O)c1cnccc1Cl. The highest BCUT2D eigenvalue weighted by molar-refractivity contribution is 7.21. The van der Waals surface area contributed by atoms with Crippen LogP contribution in [0.5, 0.6) is 5.75 Å². The van der Waals surface area contributed by atoms with Crippen molar-refractivity contribution in [1.29, 1.82) is 0 Å². The van der Waals surface area contributed by atoms with E-state index in [0.29, 0.717) is 22.0 Å². The van der Waals surface area contributed by atoms with Crippen molar-refractivity contribution in [1.82, 2.24) is 9.97 Å². The van der Waals surface area contributed by atoms with Crippen LogP contribution < -0.4 is 10.1 Å². The Labute approximate surface area is 164 Å². The molecule has 7 heteroatoms. The second kappa shape index (κ2) is 7.34. The Kier molecular flexibility index (Phi) is 4.75. The van der Waals surface area contributed by atoms with Crippen molar-refractivity contribution >= 4 is 44.7 Å². The van der Waals surface area contributed by atoms with E-state index in [1.54, 1.807) is 24.5 Å². The number of aromatic nitrogens is 2. The highest BCUT2D eigenvalue weighted by atomic mass is 35.5. The number of nitrogens with zero attached hydrogens (tertiary/aromatic N) is 2. The van der Waals surface area contributed by atoms with E-state index < -0.39 is 0 Å². The van der Waals surface area contributed by atoms with Gasteiger partial charge in [-0.3, -0.25) is 9.78 Å². The summed E-state index contributed by atoms with van der Waals surface area (Å²) in [6.45, 7) is 0. The summed E-state index contributed by atoms with van der Waals surface area (Å²) in [6, 6.07) is 15.1. The fraction of sp³-hybridized carbons (Fsp3) is 0.0500. The molecule has 0 saturated carbocycles. The molecule has 27 heavy (non-hydrogen) atoms. The molecule has 0 aliphatic carbocycles. The zero-order chi connectivity index (χ0) is 18.8. The van der Waals surface area contributed by atoms with Gasteiger partial charge in [0.05, 0.1) is 33.6 Å². The van der Waals surface area contributed by atoms with Crippen LogP contribution in [0.15, 0.2) is 60.9 Å². The van der Waals surface area contributed by atoms with Gasteiger partial charge in [0.25, 0.3) is 5.91 Å². The maximum atomic E-state index is 12.6. The van der Waals surface area contributed by atoms with Crippen LogP contribution >= 0.6 is 22.9 Å². The molecule has 0 fully saturated rings. The lowest BCUT2D eigenvalue weighted by atomic mass is 10.1. The van der Waals surface area contributed by atoms with Crippen LogP contribution in [-0.4, -0.2) is 23.0 Å². The molecule has 0 aliphatic rings. The van der Waals surface area contributed by atoms with Crippen LogP contribution in [0.25, 0.3) is 20.8 Å². The maximum Gasteiger partial charge on any atom is 0.258 e. The highest BCUT2D eigenvalue weighted by Gasteiger charge is 2.15. The third-order valence-electron chi connectivity index (χ3n) is 4.00. The molecule has 1 N–H and O–H groups in total.